The topological polar surface area (TPSA) is 20.3 Å². The van der Waals surface area contributed by atoms with Crippen molar-refractivity contribution in [2.24, 2.45) is 5.41 Å². The first-order chi connectivity index (χ1) is 9.09. The second-order valence-corrected chi connectivity index (χ2v) is 6.12. The Morgan fingerprint density at radius 3 is 2.47 bits per heavy atom. The van der Waals surface area contributed by atoms with E-state index in [1.54, 1.807) is 5.57 Å². The van der Waals surface area contributed by atoms with Crippen molar-refractivity contribution in [1.82, 2.24) is 4.90 Å². The maximum absolute atomic E-state index is 11.1. The molecule has 2 rings (SSSR count). The van der Waals surface area contributed by atoms with E-state index in [-0.39, 0.29) is 5.41 Å². The second kappa shape index (κ2) is 6.16. The van der Waals surface area contributed by atoms with E-state index in [1.165, 1.54) is 18.4 Å². The molecule has 0 unspecified atom stereocenters. The fourth-order valence-electron chi connectivity index (χ4n) is 2.17. The van der Waals surface area contributed by atoms with Crippen molar-refractivity contribution in [3.63, 3.8) is 0 Å². The van der Waals surface area contributed by atoms with Crippen LogP contribution < -0.4 is 0 Å². The highest BCUT2D eigenvalue weighted by atomic mass is 16.1. The summed E-state index contributed by atoms with van der Waals surface area (Å²) in [4.78, 5) is 13.5. The van der Waals surface area contributed by atoms with Gasteiger partial charge in [0.1, 0.15) is 6.29 Å². The van der Waals surface area contributed by atoms with Gasteiger partial charge in [-0.15, -0.1) is 0 Å². The molecule has 2 nitrogen and oxygen atoms in total. The number of aldehydes is 1. The summed E-state index contributed by atoms with van der Waals surface area (Å²) in [6.45, 7) is 6.66. The first-order valence-corrected chi connectivity index (χ1v) is 6.99. The zero-order chi connectivity index (χ0) is 13.7. The van der Waals surface area contributed by atoms with Gasteiger partial charge in [0.2, 0.25) is 0 Å². The molecule has 1 aromatic rings. The number of hydrogen-bond donors (Lipinski definition) is 0. The lowest BCUT2D eigenvalue weighted by Crippen LogP contribution is -2.35. The number of benzene rings is 1. The maximum Gasteiger partial charge on any atom is 0.126 e. The third-order valence-electron chi connectivity index (χ3n) is 3.38. The summed E-state index contributed by atoms with van der Waals surface area (Å²) in [5, 5.41) is 0. The third-order valence-corrected chi connectivity index (χ3v) is 3.38. The van der Waals surface area contributed by atoms with Crippen molar-refractivity contribution in [2.75, 3.05) is 13.1 Å². The van der Waals surface area contributed by atoms with Crippen LogP contribution in [-0.4, -0.2) is 24.3 Å². The number of carbonyl (C=O) groups is 1. The lowest BCUT2D eigenvalue weighted by atomic mass is 9.95. The lowest BCUT2D eigenvalue weighted by Gasteiger charge is -2.28. The standard InChI is InChI=1S/C17H23NO/c1-17(2,14-19)13-18(11-10-15-8-9-15)12-16-6-4-3-5-7-16/h3-7,10,14H,8-9,11-13H2,1-2H3. The molecule has 0 spiro atoms. The molecule has 0 saturated heterocycles. The quantitative estimate of drug-likeness (QED) is 0.551. The Hall–Kier alpha value is -1.41. The van der Waals surface area contributed by atoms with Crippen molar-refractivity contribution in [2.45, 2.75) is 33.2 Å². The lowest BCUT2D eigenvalue weighted by molar-refractivity contribution is -0.115. The molecule has 102 valence electrons. The minimum atomic E-state index is -0.281. The Bertz CT molecular complexity index is 442. The van der Waals surface area contributed by atoms with Gasteiger partial charge in [0, 0.05) is 25.0 Å². The highest BCUT2D eigenvalue weighted by molar-refractivity contribution is 5.58. The van der Waals surface area contributed by atoms with E-state index in [9.17, 15) is 4.79 Å². The number of rotatable bonds is 7. The summed E-state index contributed by atoms with van der Waals surface area (Å²) in [5.74, 6) is 0. The van der Waals surface area contributed by atoms with Gasteiger partial charge in [0.25, 0.3) is 0 Å². The molecule has 0 amide bonds. The number of hydrogen-bond acceptors (Lipinski definition) is 2. The van der Waals surface area contributed by atoms with Crippen LogP contribution in [0.3, 0.4) is 0 Å². The third kappa shape index (κ3) is 4.99. The van der Waals surface area contributed by atoms with Gasteiger partial charge in [0.05, 0.1) is 0 Å². The average molecular weight is 257 g/mol. The van der Waals surface area contributed by atoms with Crippen molar-refractivity contribution in [3.05, 3.63) is 47.5 Å². The minimum absolute atomic E-state index is 0.281. The van der Waals surface area contributed by atoms with E-state index in [0.29, 0.717) is 0 Å². The fraction of sp³-hybridized carbons (Fsp3) is 0.471. The van der Waals surface area contributed by atoms with Crippen LogP contribution in [0.2, 0.25) is 0 Å². The molecule has 2 heteroatoms. The number of allylic oxidation sites excluding steroid dienone is 1. The van der Waals surface area contributed by atoms with E-state index in [2.05, 4.69) is 35.2 Å². The van der Waals surface area contributed by atoms with E-state index in [1.807, 2.05) is 19.9 Å². The predicted octanol–water partition coefficient (Wildman–Crippen LogP) is 3.43. The van der Waals surface area contributed by atoms with Gasteiger partial charge < -0.3 is 4.79 Å². The maximum atomic E-state index is 11.1. The molecule has 1 aliphatic rings. The van der Waals surface area contributed by atoms with Crippen LogP contribution in [0.15, 0.2) is 42.0 Å². The molecule has 19 heavy (non-hydrogen) atoms. The van der Waals surface area contributed by atoms with Crippen molar-refractivity contribution in [3.8, 4) is 0 Å². The van der Waals surface area contributed by atoms with Crippen LogP contribution in [-0.2, 0) is 11.3 Å². The first-order valence-electron chi connectivity index (χ1n) is 6.99. The van der Waals surface area contributed by atoms with Gasteiger partial charge in [-0.25, -0.2) is 0 Å². The Labute approximate surface area is 116 Å². The molecule has 0 aromatic heterocycles. The van der Waals surface area contributed by atoms with E-state index in [4.69, 9.17) is 0 Å². The molecule has 0 atom stereocenters. The van der Waals surface area contributed by atoms with Crippen LogP contribution in [0.5, 0.6) is 0 Å². The monoisotopic (exact) mass is 257 g/mol. The summed E-state index contributed by atoms with van der Waals surface area (Å²) < 4.78 is 0. The van der Waals surface area contributed by atoms with E-state index in [0.717, 1.165) is 25.9 Å². The SMILES string of the molecule is CC(C)(C=O)CN(CC=C1CC1)Cc1ccccc1. The molecule has 0 heterocycles. The second-order valence-electron chi connectivity index (χ2n) is 6.12. The van der Waals surface area contributed by atoms with Gasteiger partial charge in [-0.2, -0.15) is 0 Å². The Morgan fingerprint density at radius 2 is 1.89 bits per heavy atom. The molecule has 0 aliphatic heterocycles. The first kappa shape index (κ1) is 14.0. The van der Waals surface area contributed by atoms with Crippen molar-refractivity contribution in [1.29, 1.82) is 0 Å². The summed E-state index contributed by atoms with van der Waals surface area (Å²) in [5.41, 5.74) is 2.58. The minimum Gasteiger partial charge on any atom is -0.303 e. The van der Waals surface area contributed by atoms with Crippen LogP contribution >= 0.6 is 0 Å². The average Bonchev–Trinajstić information content (AvgIpc) is 3.21. The zero-order valence-electron chi connectivity index (χ0n) is 11.9. The van der Waals surface area contributed by atoms with E-state index >= 15 is 0 Å². The summed E-state index contributed by atoms with van der Waals surface area (Å²) in [6, 6.07) is 10.5. The predicted molar refractivity (Wildman–Crippen MR) is 78.9 cm³/mol. The van der Waals surface area contributed by atoms with Gasteiger partial charge in [0.15, 0.2) is 0 Å². The highest BCUT2D eigenvalue weighted by Gasteiger charge is 2.21. The molecular weight excluding hydrogens is 234 g/mol. The molecule has 1 saturated carbocycles. The van der Waals surface area contributed by atoms with Crippen molar-refractivity contribution >= 4 is 6.29 Å². The molecule has 0 radical (unpaired) electrons. The van der Waals surface area contributed by atoms with Gasteiger partial charge in [-0.3, -0.25) is 4.90 Å². The normalized spacial score (nSPS) is 14.6. The Kier molecular flexibility index (Phi) is 4.54. The van der Waals surface area contributed by atoms with Crippen LogP contribution in [0.4, 0.5) is 0 Å². The summed E-state index contributed by atoms with van der Waals surface area (Å²) in [6.07, 6.45) is 5.91. The largest absolute Gasteiger partial charge is 0.303 e. The number of nitrogens with zero attached hydrogens (tertiary/aromatic N) is 1. The van der Waals surface area contributed by atoms with Crippen LogP contribution in [0, 0.1) is 5.41 Å². The van der Waals surface area contributed by atoms with Crippen LogP contribution in [0.25, 0.3) is 0 Å². The molecule has 1 fully saturated rings. The molecule has 0 bridgehead atoms. The van der Waals surface area contributed by atoms with E-state index < -0.39 is 0 Å². The zero-order valence-corrected chi connectivity index (χ0v) is 11.9. The fourth-order valence-corrected chi connectivity index (χ4v) is 2.17. The van der Waals surface area contributed by atoms with Crippen molar-refractivity contribution < 1.29 is 4.79 Å². The molecule has 1 aliphatic carbocycles. The van der Waals surface area contributed by atoms with Gasteiger partial charge >= 0.3 is 0 Å². The van der Waals surface area contributed by atoms with Gasteiger partial charge in [-0.1, -0.05) is 55.8 Å². The summed E-state index contributed by atoms with van der Waals surface area (Å²) in [7, 11) is 0. The highest BCUT2D eigenvalue weighted by Crippen LogP contribution is 2.27. The molecule has 0 N–H and O–H groups in total. The van der Waals surface area contributed by atoms with Gasteiger partial charge in [-0.05, 0) is 18.4 Å². The Morgan fingerprint density at radius 1 is 1.21 bits per heavy atom. The summed E-state index contributed by atoms with van der Waals surface area (Å²) >= 11 is 0. The number of carbonyl (C=O) groups excluding carboxylic acids is 1. The smallest absolute Gasteiger partial charge is 0.126 e. The van der Waals surface area contributed by atoms with Crippen LogP contribution in [0.1, 0.15) is 32.3 Å². The molecule has 1 aromatic carbocycles. The molecular formula is C17H23NO. The Balaban J connectivity index is 2.00.